The van der Waals surface area contributed by atoms with Crippen molar-refractivity contribution in [1.82, 2.24) is 15.1 Å². The fraction of sp³-hybridized carbons (Fsp3) is 0.800. The van der Waals surface area contributed by atoms with Gasteiger partial charge in [-0.05, 0) is 25.7 Å². The molecule has 1 aromatic rings. The monoisotopic (exact) mass is 379 g/mol. The number of amides is 1. The van der Waals surface area contributed by atoms with Crippen molar-refractivity contribution in [3.8, 4) is 5.19 Å². The van der Waals surface area contributed by atoms with Gasteiger partial charge in [0.1, 0.15) is 0 Å². The fourth-order valence-electron chi connectivity index (χ4n) is 2.69. The Bertz CT molecular complexity index is 555. The van der Waals surface area contributed by atoms with Crippen LogP contribution in [0.3, 0.4) is 0 Å². The molecule has 1 amide bonds. The van der Waals surface area contributed by atoms with Crippen molar-refractivity contribution in [2.45, 2.75) is 63.0 Å². The molecule has 0 saturated carbocycles. The molecule has 0 spiro atoms. The lowest BCUT2D eigenvalue weighted by atomic mass is 10.00. The van der Waals surface area contributed by atoms with Gasteiger partial charge in [0.15, 0.2) is 6.61 Å². The van der Waals surface area contributed by atoms with Crippen LogP contribution >= 0.6 is 23.1 Å². The molecule has 1 unspecified atom stereocenters. The Morgan fingerprint density at radius 3 is 2.88 bits per heavy atom. The van der Waals surface area contributed by atoms with E-state index < -0.39 is 10.3 Å². The molecule has 1 aliphatic heterocycles. The van der Waals surface area contributed by atoms with E-state index in [1.54, 1.807) is 13.8 Å². The first-order valence-corrected chi connectivity index (χ1v) is 9.85. The van der Waals surface area contributed by atoms with Gasteiger partial charge in [-0.2, -0.15) is 8.78 Å². The summed E-state index contributed by atoms with van der Waals surface area (Å²) in [6, 6.07) is 0.242. The van der Waals surface area contributed by atoms with Crippen LogP contribution in [-0.4, -0.2) is 45.4 Å². The van der Waals surface area contributed by atoms with Gasteiger partial charge in [0.05, 0.1) is 0 Å². The van der Waals surface area contributed by atoms with Gasteiger partial charge in [-0.1, -0.05) is 49.0 Å². The minimum atomic E-state index is -3.10. The maximum absolute atomic E-state index is 13.9. The number of thioether (sulfide) groups is 1. The van der Waals surface area contributed by atoms with E-state index in [0.717, 1.165) is 32.2 Å². The van der Waals surface area contributed by atoms with E-state index in [0.29, 0.717) is 23.1 Å². The van der Waals surface area contributed by atoms with Gasteiger partial charge < -0.3 is 9.64 Å². The van der Waals surface area contributed by atoms with Crippen LogP contribution in [0.15, 0.2) is 0 Å². The number of ether oxygens (including phenoxy) is 1. The number of rotatable bonds is 7. The van der Waals surface area contributed by atoms with Crippen LogP contribution in [0, 0.1) is 0 Å². The number of carbonyl (C=O) groups excluding carboxylic acids is 1. The number of carbonyl (C=O) groups is 1. The molecule has 1 atom stereocenters. The van der Waals surface area contributed by atoms with Gasteiger partial charge in [0.25, 0.3) is 11.1 Å². The second kappa shape index (κ2) is 8.42. The number of piperidine rings is 1. The highest BCUT2D eigenvalue weighted by atomic mass is 32.2. The van der Waals surface area contributed by atoms with Crippen molar-refractivity contribution in [2.24, 2.45) is 0 Å². The molecular weight excluding hydrogens is 356 g/mol. The lowest BCUT2D eigenvalue weighted by molar-refractivity contribution is -0.137. The van der Waals surface area contributed by atoms with Crippen LogP contribution in [0.1, 0.15) is 51.5 Å². The summed E-state index contributed by atoms with van der Waals surface area (Å²) in [5.74, 6) is -0.124. The van der Waals surface area contributed by atoms with Crippen molar-refractivity contribution >= 4 is 29.0 Å². The molecule has 0 radical (unpaired) electrons. The van der Waals surface area contributed by atoms with Crippen molar-refractivity contribution in [3.63, 3.8) is 0 Å². The Hall–Kier alpha value is -0.960. The lowest BCUT2D eigenvalue weighted by Gasteiger charge is -2.35. The van der Waals surface area contributed by atoms with E-state index in [4.69, 9.17) is 4.74 Å². The molecular formula is C15H23F2N3O2S2. The summed E-state index contributed by atoms with van der Waals surface area (Å²) >= 11 is 1.21. The smallest absolute Gasteiger partial charge is 0.347 e. The molecule has 0 aromatic carbocycles. The zero-order valence-electron chi connectivity index (χ0n) is 14.1. The second-order valence-corrected chi connectivity index (χ2v) is 8.62. The molecule has 2 heterocycles. The number of likely N-dealkylation sites (tertiary alicyclic amines) is 1. The standard InChI is InChI=1S/C15H23F2N3O2S2/c1-4-11-7-5-6-8-20(11)12(21)9-22-14-19-18-13(23-14)15(16,17)24-10(2)3/h10-11H,4-9H2,1-3H3. The van der Waals surface area contributed by atoms with Crippen LogP contribution in [0.25, 0.3) is 0 Å². The summed E-state index contributed by atoms with van der Waals surface area (Å²) in [7, 11) is 0. The van der Waals surface area contributed by atoms with Gasteiger partial charge in [0.2, 0.25) is 5.01 Å². The predicted molar refractivity (Wildman–Crippen MR) is 91.7 cm³/mol. The molecule has 1 aromatic heterocycles. The third-order valence-electron chi connectivity index (χ3n) is 3.78. The highest BCUT2D eigenvalue weighted by molar-refractivity contribution is 8.00. The minimum Gasteiger partial charge on any atom is -0.459 e. The largest absolute Gasteiger partial charge is 0.459 e. The van der Waals surface area contributed by atoms with Gasteiger partial charge in [-0.3, -0.25) is 4.79 Å². The van der Waals surface area contributed by atoms with E-state index in [1.165, 1.54) is 0 Å². The average Bonchev–Trinajstić information content (AvgIpc) is 3.01. The number of halogens is 2. The third kappa shape index (κ3) is 5.02. The Morgan fingerprint density at radius 2 is 2.21 bits per heavy atom. The topological polar surface area (TPSA) is 55.3 Å². The summed E-state index contributed by atoms with van der Waals surface area (Å²) in [5, 5.41) is 3.41. The van der Waals surface area contributed by atoms with Crippen LogP contribution < -0.4 is 4.74 Å². The Morgan fingerprint density at radius 1 is 1.46 bits per heavy atom. The number of nitrogens with zero attached hydrogens (tertiary/aromatic N) is 3. The summed E-state index contributed by atoms with van der Waals surface area (Å²) in [6.45, 7) is 5.98. The number of hydrogen-bond acceptors (Lipinski definition) is 6. The quantitative estimate of drug-likeness (QED) is 0.719. The second-order valence-electron chi connectivity index (χ2n) is 5.99. The van der Waals surface area contributed by atoms with Gasteiger partial charge >= 0.3 is 5.25 Å². The van der Waals surface area contributed by atoms with Gasteiger partial charge in [-0.15, -0.1) is 5.10 Å². The molecule has 24 heavy (non-hydrogen) atoms. The third-order valence-corrected chi connectivity index (χ3v) is 5.77. The van der Waals surface area contributed by atoms with Crippen LogP contribution in [0.5, 0.6) is 5.19 Å². The van der Waals surface area contributed by atoms with Crippen molar-refractivity contribution in [1.29, 1.82) is 0 Å². The first kappa shape index (κ1) is 19.4. The SMILES string of the molecule is CCC1CCCCN1C(=O)COc1nnc(C(F)(F)SC(C)C)s1. The molecule has 0 bridgehead atoms. The van der Waals surface area contributed by atoms with Gasteiger partial charge in [-0.25, -0.2) is 0 Å². The van der Waals surface area contributed by atoms with Crippen molar-refractivity contribution < 1.29 is 18.3 Å². The Kier molecular flexibility index (Phi) is 6.79. The first-order valence-electron chi connectivity index (χ1n) is 8.15. The van der Waals surface area contributed by atoms with Crippen LogP contribution in [0.4, 0.5) is 8.78 Å². The maximum Gasteiger partial charge on any atom is 0.347 e. The maximum atomic E-state index is 13.9. The molecule has 0 aliphatic carbocycles. The van der Waals surface area contributed by atoms with E-state index in [2.05, 4.69) is 17.1 Å². The van der Waals surface area contributed by atoms with E-state index in [1.807, 2.05) is 4.90 Å². The Labute approximate surface area is 149 Å². The zero-order chi connectivity index (χ0) is 17.7. The lowest BCUT2D eigenvalue weighted by Crippen LogP contribution is -2.45. The molecule has 0 N–H and O–H groups in total. The average molecular weight is 379 g/mol. The van der Waals surface area contributed by atoms with Crippen molar-refractivity contribution in [2.75, 3.05) is 13.2 Å². The normalized spacial score (nSPS) is 18.9. The van der Waals surface area contributed by atoms with Gasteiger partial charge in [0, 0.05) is 17.8 Å². The number of alkyl halides is 2. The molecule has 5 nitrogen and oxygen atoms in total. The first-order chi connectivity index (χ1) is 11.3. The minimum absolute atomic E-state index is 0.00689. The zero-order valence-corrected chi connectivity index (χ0v) is 15.8. The fourth-order valence-corrected chi connectivity index (χ4v) is 4.26. The van der Waals surface area contributed by atoms with Crippen molar-refractivity contribution in [3.05, 3.63) is 5.01 Å². The van der Waals surface area contributed by atoms with Crippen LogP contribution in [-0.2, 0) is 10.0 Å². The Balaban J connectivity index is 1.91. The molecule has 1 fully saturated rings. The molecule has 9 heteroatoms. The predicted octanol–water partition coefficient (Wildman–Crippen LogP) is 3.90. The molecule has 136 valence electrons. The van der Waals surface area contributed by atoms with E-state index in [-0.39, 0.29) is 29.0 Å². The highest BCUT2D eigenvalue weighted by Crippen LogP contribution is 2.44. The highest BCUT2D eigenvalue weighted by Gasteiger charge is 2.38. The van der Waals surface area contributed by atoms with Crippen LogP contribution in [0.2, 0.25) is 0 Å². The summed E-state index contributed by atoms with van der Waals surface area (Å²) < 4.78 is 33.2. The molecule has 1 saturated heterocycles. The summed E-state index contributed by atoms with van der Waals surface area (Å²) in [6.07, 6.45) is 4.03. The molecule has 1 aliphatic rings. The van der Waals surface area contributed by atoms with E-state index in [9.17, 15) is 13.6 Å². The summed E-state index contributed by atoms with van der Waals surface area (Å²) in [4.78, 5) is 14.1. The summed E-state index contributed by atoms with van der Waals surface area (Å²) in [5.41, 5.74) is 0. The molecule has 2 rings (SSSR count). The number of hydrogen-bond donors (Lipinski definition) is 0. The van der Waals surface area contributed by atoms with E-state index >= 15 is 0 Å². The number of aromatic nitrogens is 2.